The van der Waals surface area contributed by atoms with E-state index in [0.29, 0.717) is 6.54 Å². The number of carbonyl (C=O) groups excluding carboxylic acids is 1. The van der Waals surface area contributed by atoms with E-state index in [0.717, 1.165) is 29.8 Å². The monoisotopic (exact) mass is 336 g/mol. The summed E-state index contributed by atoms with van der Waals surface area (Å²) in [7, 11) is 0. The van der Waals surface area contributed by atoms with E-state index in [2.05, 4.69) is 11.4 Å². The number of rotatable bonds is 4. The van der Waals surface area contributed by atoms with Gasteiger partial charge >= 0.3 is 0 Å². The fraction of sp³-hybridized carbons (Fsp3) is 0.353. The van der Waals surface area contributed by atoms with E-state index in [1.54, 1.807) is 11.3 Å². The fourth-order valence-corrected chi connectivity index (χ4v) is 3.86. The highest BCUT2D eigenvalue weighted by atomic mass is 35.5. The summed E-state index contributed by atoms with van der Waals surface area (Å²) in [4.78, 5) is 14.5. The van der Waals surface area contributed by atoms with Crippen LogP contribution >= 0.6 is 23.7 Å². The molecule has 3 rings (SSSR count). The molecule has 22 heavy (non-hydrogen) atoms. The van der Waals surface area contributed by atoms with Gasteiger partial charge in [0.25, 0.3) is 5.91 Å². The van der Waals surface area contributed by atoms with Crippen LogP contribution in [0.4, 0.5) is 5.69 Å². The largest absolute Gasteiger partial charge is 0.399 e. The van der Waals surface area contributed by atoms with E-state index in [1.165, 1.54) is 28.8 Å². The zero-order valence-electron chi connectivity index (χ0n) is 12.4. The number of halogens is 1. The Hall–Kier alpha value is -1.52. The summed E-state index contributed by atoms with van der Waals surface area (Å²) in [6.07, 6.45) is 5.61. The smallest absolute Gasteiger partial charge is 0.261 e. The van der Waals surface area contributed by atoms with E-state index >= 15 is 0 Å². The van der Waals surface area contributed by atoms with Crippen LogP contribution in [0.5, 0.6) is 0 Å². The van der Waals surface area contributed by atoms with Crippen molar-refractivity contribution in [2.24, 2.45) is 0 Å². The zero-order valence-corrected chi connectivity index (χ0v) is 14.1. The third-order valence-corrected chi connectivity index (χ3v) is 5.14. The highest BCUT2D eigenvalue weighted by Gasteiger charge is 2.16. The third kappa shape index (κ3) is 4.02. The number of amides is 1. The van der Waals surface area contributed by atoms with Crippen molar-refractivity contribution in [3.8, 4) is 0 Å². The first-order chi connectivity index (χ1) is 10.2. The van der Waals surface area contributed by atoms with Gasteiger partial charge in [0.15, 0.2) is 0 Å². The predicted molar refractivity (Wildman–Crippen MR) is 95.1 cm³/mol. The number of thiophene rings is 1. The van der Waals surface area contributed by atoms with E-state index < -0.39 is 0 Å². The van der Waals surface area contributed by atoms with Gasteiger partial charge in [0, 0.05) is 17.1 Å². The molecule has 1 aromatic carbocycles. The number of anilines is 1. The highest BCUT2D eigenvalue weighted by molar-refractivity contribution is 7.14. The molecule has 0 aliphatic heterocycles. The fourth-order valence-electron chi connectivity index (χ4n) is 2.69. The van der Waals surface area contributed by atoms with Crippen molar-refractivity contribution in [1.82, 2.24) is 5.32 Å². The number of fused-ring (bicyclic) bond motifs is 1. The van der Waals surface area contributed by atoms with Crippen molar-refractivity contribution in [2.75, 3.05) is 12.3 Å². The first-order valence-corrected chi connectivity index (χ1v) is 8.28. The second-order valence-corrected chi connectivity index (χ2v) is 6.65. The Kier molecular flexibility index (Phi) is 5.86. The number of hydrogen-bond donors (Lipinski definition) is 2. The molecule has 0 fully saturated rings. The van der Waals surface area contributed by atoms with E-state index in [9.17, 15) is 4.79 Å². The molecule has 0 radical (unpaired) electrons. The predicted octanol–water partition coefficient (Wildman–Crippen LogP) is 3.60. The van der Waals surface area contributed by atoms with E-state index in [-0.39, 0.29) is 18.3 Å². The van der Waals surface area contributed by atoms with Crippen molar-refractivity contribution >= 4 is 35.3 Å². The van der Waals surface area contributed by atoms with Crippen molar-refractivity contribution in [1.29, 1.82) is 0 Å². The first kappa shape index (κ1) is 16.8. The number of carbonyl (C=O) groups is 1. The zero-order chi connectivity index (χ0) is 14.7. The van der Waals surface area contributed by atoms with Gasteiger partial charge in [-0.2, -0.15) is 0 Å². The van der Waals surface area contributed by atoms with Crippen LogP contribution in [-0.2, 0) is 19.3 Å². The van der Waals surface area contributed by atoms with E-state index in [1.807, 2.05) is 24.3 Å². The first-order valence-electron chi connectivity index (χ1n) is 7.46. The van der Waals surface area contributed by atoms with Crippen molar-refractivity contribution in [3.05, 3.63) is 51.2 Å². The molecule has 0 atom stereocenters. The van der Waals surface area contributed by atoms with Gasteiger partial charge in [0.2, 0.25) is 0 Å². The van der Waals surface area contributed by atoms with E-state index in [4.69, 9.17) is 5.73 Å². The molecule has 118 valence electrons. The number of nitrogens with one attached hydrogen (secondary N) is 1. The number of nitrogen functional groups attached to an aromatic ring is 1. The Labute approximate surface area is 141 Å². The Morgan fingerprint density at radius 1 is 1.18 bits per heavy atom. The van der Waals surface area contributed by atoms with Crippen LogP contribution in [-0.4, -0.2) is 12.5 Å². The summed E-state index contributed by atoms with van der Waals surface area (Å²) in [5, 5.41) is 3.01. The normalized spacial score (nSPS) is 13.1. The molecule has 0 bridgehead atoms. The molecule has 1 aromatic heterocycles. The lowest BCUT2D eigenvalue weighted by Crippen LogP contribution is -2.24. The summed E-state index contributed by atoms with van der Waals surface area (Å²) in [6, 6.07) is 9.88. The molecule has 1 amide bonds. The van der Waals surface area contributed by atoms with Crippen LogP contribution < -0.4 is 11.1 Å². The van der Waals surface area contributed by atoms with Gasteiger partial charge in [-0.3, -0.25) is 4.79 Å². The number of nitrogens with two attached hydrogens (primary N) is 1. The summed E-state index contributed by atoms with van der Waals surface area (Å²) in [5.74, 6) is 0.0600. The Morgan fingerprint density at radius 3 is 2.64 bits per heavy atom. The van der Waals surface area contributed by atoms with Crippen molar-refractivity contribution < 1.29 is 4.79 Å². The minimum absolute atomic E-state index is 0. The lowest BCUT2D eigenvalue weighted by atomic mass is 9.99. The Bertz CT molecular complexity index is 613. The maximum Gasteiger partial charge on any atom is 0.261 e. The summed E-state index contributed by atoms with van der Waals surface area (Å²) < 4.78 is 0. The average molecular weight is 337 g/mol. The minimum atomic E-state index is 0. The highest BCUT2D eigenvalue weighted by Crippen LogP contribution is 2.29. The van der Waals surface area contributed by atoms with Crippen molar-refractivity contribution in [2.45, 2.75) is 32.1 Å². The molecular formula is C17H21ClN2OS. The molecule has 3 nitrogen and oxygen atoms in total. The van der Waals surface area contributed by atoms with Crippen molar-refractivity contribution in [3.63, 3.8) is 0 Å². The second kappa shape index (κ2) is 7.65. The van der Waals surface area contributed by atoms with Gasteiger partial charge in [-0.05, 0) is 61.4 Å². The molecule has 0 saturated carbocycles. The van der Waals surface area contributed by atoms with Gasteiger partial charge in [0.05, 0.1) is 4.88 Å². The van der Waals surface area contributed by atoms with Gasteiger partial charge in [-0.15, -0.1) is 23.7 Å². The van der Waals surface area contributed by atoms with Gasteiger partial charge in [-0.1, -0.05) is 12.1 Å². The molecule has 1 heterocycles. The number of benzene rings is 1. The summed E-state index contributed by atoms with van der Waals surface area (Å²) in [6.45, 7) is 0.658. The van der Waals surface area contributed by atoms with Gasteiger partial charge in [0.1, 0.15) is 0 Å². The molecule has 2 aromatic rings. The summed E-state index contributed by atoms with van der Waals surface area (Å²) >= 11 is 1.66. The van der Waals surface area contributed by atoms with Crippen LogP contribution in [0.25, 0.3) is 0 Å². The number of aryl methyl sites for hydroxylation is 2. The van der Waals surface area contributed by atoms with Crippen LogP contribution in [0.3, 0.4) is 0 Å². The minimum Gasteiger partial charge on any atom is -0.399 e. The topological polar surface area (TPSA) is 55.1 Å². The SMILES string of the molecule is Cl.Nc1ccc(CCNC(=O)c2cc3c(s2)CCCC3)cc1. The van der Waals surface area contributed by atoms with Crippen LogP contribution in [0.1, 0.15) is 38.5 Å². The number of hydrogen-bond acceptors (Lipinski definition) is 3. The standard InChI is InChI=1S/C17H20N2OS.ClH/c18-14-7-5-12(6-8-14)9-10-19-17(20)16-11-13-3-1-2-4-15(13)21-16;/h5-8,11H,1-4,9-10,18H2,(H,19,20);1H. The molecule has 1 aliphatic rings. The lowest BCUT2D eigenvalue weighted by Gasteiger charge is -2.08. The van der Waals surface area contributed by atoms with Gasteiger partial charge in [-0.25, -0.2) is 0 Å². The Morgan fingerprint density at radius 2 is 1.91 bits per heavy atom. The molecule has 3 N–H and O–H groups in total. The average Bonchev–Trinajstić information content (AvgIpc) is 2.93. The molecule has 0 unspecified atom stereocenters. The van der Waals surface area contributed by atoms with Gasteiger partial charge < -0.3 is 11.1 Å². The lowest BCUT2D eigenvalue weighted by molar-refractivity contribution is 0.0958. The maximum atomic E-state index is 12.2. The summed E-state index contributed by atoms with van der Waals surface area (Å²) in [5.41, 5.74) is 9.00. The molecular weight excluding hydrogens is 316 g/mol. The molecule has 0 saturated heterocycles. The quantitative estimate of drug-likeness (QED) is 0.838. The third-order valence-electron chi connectivity index (χ3n) is 3.90. The van der Waals surface area contributed by atoms with Crippen LogP contribution in [0, 0.1) is 0 Å². The molecule has 5 heteroatoms. The second-order valence-electron chi connectivity index (χ2n) is 5.51. The van der Waals surface area contributed by atoms with Crippen LogP contribution in [0.2, 0.25) is 0 Å². The molecule has 1 aliphatic carbocycles. The molecule has 0 spiro atoms. The Balaban J connectivity index is 0.00000176. The maximum absolute atomic E-state index is 12.2. The van der Waals surface area contributed by atoms with Crippen LogP contribution in [0.15, 0.2) is 30.3 Å².